The summed E-state index contributed by atoms with van der Waals surface area (Å²) in [7, 11) is 0. The van der Waals surface area contributed by atoms with E-state index in [0.29, 0.717) is 0 Å². The normalized spacial score (nSPS) is 17.1. The molecule has 60 valence electrons. The van der Waals surface area contributed by atoms with E-state index in [4.69, 9.17) is 5.11 Å². The molecule has 1 heterocycles. The molecule has 11 heavy (non-hydrogen) atoms. The van der Waals surface area contributed by atoms with Crippen molar-refractivity contribution in [2.24, 2.45) is 0 Å². The van der Waals surface area contributed by atoms with Crippen LogP contribution >= 0.6 is 11.8 Å². The second-order valence-corrected chi connectivity index (χ2v) is 2.86. The number of hydrogen-bond donors (Lipinski definition) is 1. The van der Waals surface area contributed by atoms with Crippen molar-refractivity contribution >= 4 is 29.5 Å². The van der Waals surface area contributed by atoms with Gasteiger partial charge in [-0.15, -0.1) is 11.8 Å². The van der Waals surface area contributed by atoms with E-state index in [9.17, 15) is 14.4 Å². The van der Waals surface area contributed by atoms with Crippen LogP contribution in [0.5, 0.6) is 0 Å². The minimum atomic E-state index is -1.58. The quantitative estimate of drug-likeness (QED) is 0.484. The molecule has 0 spiro atoms. The third kappa shape index (κ3) is 1.51. The fraction of sp³-hybridized carbons (Fsp3) is 0.400. The molecule has 2 amide bonds. The van der Waals surface area contributed by atoms with Gasteiger partial charge in [-0.1, -0.05) is 0 Å². The lowest BCUT2D eigenvalue weighted by molar-refractivity contribution is -0.158. The van der Waals surface area contributed by atoms with Crippen LogP contribution in [0.25, 0.3) is 0 Å². The Bertz CT molecular complexity index is 227. The molecular weight excluding hydrogens is 170 g/mol. The van der Waals surface area contributed by atoms with Crippen molar-refractivity contribution in [1.29, 1.82) is 0 Å². The van der Waals surface area contributed by atoms with E-state index >= 15 is 0 Å². The number of carboxylic acids is 1. The van der Waals surface area contributed by atoms with Gasteiger partial charge in [-0.2, -0.15) is 0 Å². The van der Waals surface area contributed by atoms with Crippen LogP contribution < -0.4 is 0 Å². The standard InChI is InChI=1S/C5H5NO4S/c7-3-1-11-2-6(3)4(8)5(9)10/h1-2H2,(H,9,10). The smallest absolute Gasteiger partial charge is 0.395 e. The summed E-state index contributed by atoms with van der Waals surface area (Å²) in [4.78, 5) is 32.2. The number of aliphatic carboxylic acids is 1. The van der Waals surface area contributed by atoms with Crippen LogP contribution in [-0.4, -0.2) is 39.4 Å². The minimum absolute atomic E-state index is 0.157. The summed E-state index contributed by atoms with van der Waals surface area (Å²) in [6.45, 7) is 0. The fourth-order valence-electron chi connectivity index (χ4n) is 0.661. The molecule has 6 heteroatoms. The van der Waals surface area contributed by atoms with Crippen molar-refractivity contribution < 1.29 is 19.5 Å². The van der Waals surface area contributed by atoms with Crippen LogP contribution in [0.15, 0.2) is 0 Å². The fourth-order valence-corrected chi connectivity index (χ4v) is 1.53. The predicted molar refractivity (Wildman–Crippen MR) is 36.8 cm³/mol. The van der Waals surface area contributed by atoms with Crippen LogP contribution in [-0.2, 0) is 14.4 Å². The van der Waals surface area contributed by atoms with Crippen molar-refractivity contribution in [1.82, 2.24) is 4.90 Å². The van der Waals surface area contributed by atoms with Crippen LogP contribution in [0.2, 0.25) is 0 Å². The van der Waals surface area contributed by atoms with Crippen LogP contribution in [0.4, 0.5) is 0 Å². The zero-order valence-corrected chi connectivity index (χ0v) is 6.26. The molecule has 0 bridgehead atoms. The molecule has 0 unspecified atom stereocenters. The molecule has 5 nitrogen and oxygen atoms in total. The molecule has 1 N–H and O–H groups in total. The van der Waals surface area contributed by atoms with Gasteiger partial charge in [0.05, 0.1) is 11.6 Å². The number of imide groups is 1. The molecule has 0 aromatic heterocycles. The van der Waals surface area contributed by atoms with Crippen molar-refractivity contribution in [2.75, 3.05) is 11.6 Å². The van der Waals surface area contributed by atoms with Gasteiger partial charge < -0.3 is 5.11 Å². The van der Waals surface area contributed by atoms with Gasteiger partial charge in [-0.25, -0.2) is 4.79 Å². The first-order chi connectivity index (χ1) is 5.13. The number of carboxylic acid groups (broad SMARTS) is 1. The Morgan fingerprint density at radius 3 is 2.55 bits per heavy atom. The van der Waals surface area contributed by atoms with Gasteiger partial charge in [0.2, 0.25) is 5.91 Å². The number of hydrogen-bond acceptors (Lipinski definition) is 4. The molecule has 0 saturated carbocycles. The Kier molecular flexibility index (Phi) is 2.13. The van der Waals surface area contributed by atoms with Crippen LogP contribution in [0, 0.1) is 0 Å². The Balaban J connectivity index is 2.67. The lowest BCUT2D eigenvalue weighted by Gasteiger charge is -2.07. The Hall–Kier alpha value is -1.04. The van der Waals surface area contributed by atoms with Gasteiger partial charge in [0.25, 0.3) is 0 Å². The van der Waals surface area contributed by atoms with E-state index in [2.05, 4.69) is 0 Å². The number of nitrogens with zero attached hydrogens (tertiary/aromatic N) is 1. The first-order valence-corrected chi connectivity index (χ1v) is 3.94. The van der Waals surface area contributed by atoms with Crippen molar-refractivity contribution in [3.63, 3.8) is 0 Å². The second-order valence-electron chi connectivity index (χ2n) is 1.91. The number of carbonyl (C=O) groups is 3. The number of carbonyl (C=O) groups excluding carboxylic acids is 2. The molecule has 0 aromatic rings. The van der Waals surface area contributed by atoms with Gasteiger partial charge in [-0.05, 0) is 0 Å². The van der Waals surface area contributed by atoms with E-state index in [1.54, 1.807) is 0 Å². The molecular formula is C5H5NO4S. The summed E-state index contributed by atoms with van der Waals surface area (Å²) < 4.78 is 0. The third-order valence-electron chi connectivity index (χ3n) is 1.18. The van der Waals surface area contributed by atoms with Crippen molar-refractivity contribution in [3.8, 4) is 0 Å². The lowest BCUT2D eigenvalue weighted by atomic mass is 10.5. The molecule has 0 aromatic carbocycles. The van der Waals surface area contributed by atoms with Gasteiger partial charge in [0, 0.05) is 0 Å². The highest BCUT2D eigenvalue weighted by Gasteiger charge is 2.30. The zero-order chi connectivity index (χ0) is 8.43. The summed E-state index contributed by atoms with van der Waals surface area (Å²) in [5.41, 5.74) is 0. The van der Waals surface area contributed by atoms with Gasteiger partial charge >= 0.3 is 11.9 Å². The highest BCUT2D eigenvalue weighted by molar-refractivity contribution is 8.00. The molecule has 1 fully saturated rings. The Morgan fingerprint density at radius 2 is 2.18 bits per heavy atom. The van der Waals surface area contributed by atoms with Gasteiger partial charge in [0.1, 0.15) is 0 Å². The van der Waals surface area contributed by atoms with E-state index in [-0.39, 0.29) is 11.6 Å². The van der Waals surface area contributed by atoms with Crippen LogP contribution in [0.3, 0.4) is 0 Å². The second kappa shape index (κ2) is 2.91. The average molecular weight is 175 g/mol. The molecule has 0 radical (unpaired) electrons. The summed E-state index contributed by atoms with van der Waals surface area (Å²) in [6.07, 6.45) is 0. The first kappa shape index (κ1) is 8.06. The maximum Gasteiger partial charge on any atom is 0.395 e. The molecule has 1 aliphatic heterocycles. The number of thioether (sulfide) groups is 1. The number of rotatable bonds is 0. The average Bonchev–Trinajstić information content (AvgIpc) is 2.33. The topological polar surface area (TPSA) is 74.7 Å². The first-order valence-electron chi connectivity index (χ1n) is 2.78. The molecule has 0 aliphatic carbocycles. The number of amides is 2. The zero-order valence-electron chi connectivity index (χ0n) is 5.44. The molecule has 1 rings (SSSR count). The molecule has 0 atom stereocenters. The van der Waals surface area contributed by atoms with Crippen molar-refractivity contribution in [3.05, 3.63) is 0 Å². The summed E-state index contributed by atoms with van der Waals surface area (Å²) >= 11 is 1.23. The van der Waals surface area contributed by atoms with Gasteiger partial charge in [-0.3, -0.25) is 14.5 Å². The largest absolute Gasteiger partial charge is 0.474 e. The molecule has 1 aliphatic rings. The van der Waals surface area contributed by atoms with E-state index in [1.165, 1.54) is 11.8 Å². The maximum absolute atomic E-state index is 10.7. The van der Waals surface area contributed by atoms with E-state index in [0.717, 1.165) is 4.90 Å². The summed E-state index contributed by atoms with van der Waals surface area (Å²) in [5, 5.41) is 8.21. The summed E-state index contributed by atoms with van der Waals surface area (Å²) in [6, 6.07) is 0. The monoisotopic (exact) mass is 175 g/mol. The highest BCUT2D eigenvalue weighted by atomic mass is 32.2. The van der Waals surface area contributed by atoms with Gasteiger partial charge in [0.15, 0.2) is 0 Å². The maximum atomic E-state index is 10.7. The third-order valence-corrected chi connectivity index (χ3v) is 2.07. The van der Waals surface area contributed by atoms with Crippen molar-refractivity contribution in [2.45, 2.75) is 0 Å². The van der Waals surface area contributed by atoms with Crippen LogP contribution in [0.1, 0.15) is 0 Å². The van der Waals surface area contributed by atoms with E-state index < -0.39 is 17.8 Å². The Labute approximate surface area is 66.4 Å². The summed E-state index contributed by atoms with van der Waals surface area (Å²) in [5.74, 6) is -2.80. The lowest BCUT2D eigenvalue weighted by Crippen LogP contribution is -2.37. The SMILES string of the molecule is O=C(O)C(=O)N1CSCC1=O. The minimum Gasteiger partial charge on any atom is -0.474 e. The van der Waals surface area contributed by atoms with E-state index in [1.807, 2.05) is 0 Å². The predicted octanol–water partition coefficient (Wildman–Crippen LogP) is -0.870. The Morgan fingerprint density at radius 1 is 1.55 bits per heavy atom. The highest BCUT2D eigenvalue weighted by Crippen LogP contribution is 2.14. The molecule has 1 saturated heterocycles.